The van der Waals surface area contributed by atoms with Gasteiger partial charge < -0.3 is 49.2 Å². The highest BCUT2D eigenvalue weighted by molar-refractivity contribution is 5.88. The van der Waals surface area contributed by atoms with Crippen molar-refractivity contribution < 1.29 is 58.8 Å². The number of hydrogen-bond donors (Lipinski definition) is 5. The molecule has 3 aliphatic rings. The van der Waals surface area contributed by atoms with Crippen molar-refractivity contribution in [3.63, 3.8) is 0 Å². The smallest absolute Gasteiger partial charge is 0.334 e. The van der Waals surface area contributed by atoms with Gasteiger partial charge in [-0.05, 0) is 30.2 Å². The molecule has 208 valence electrons. The SMILES string of the molecule is COc1ccc(C=CC(=O)OC2CC3C(C(=O)O)=COC(OC4OC(CO)C(O)C(O)C4O)C3C2C)cc1. The molecule has 1 saturated heterocycles. The lowest BCUT2D eigenvalue weighted by Crippen LogP contribution is -2.60. The maximum atomic E-state index is 12.6. The second-order valence-electron chi connectivity index (χ2n) is 9.58. The number of esters is 1. The molecule has 2 fully saturated rings. The summed E-state index contributed by atoms with van der Waals surface area (Å²) in [6.07, 6.45) is -5.20. The number of carbonyl (C=O) groups excluding carboxylic acids is 1. The molecule has 5 N–H and O–H groups in total. The third-order valence-electron chi connectivity index (χ3n) is 7.35. The summed E-state index contributed by atoms with van der Waals surface area (Å²) in [7, 11) is 1.55. The van der Waals surface area contributed by atoms with Gasteiger partial charge >= 0.3 is 11.9 Å². The van der Waals surface area contributed by atoms with Gasteiger partial charge in [0, 0.05) is 23.8 Å². The minimum atomic E-state index is -1.66. The van der Waals surface area contributed by atoms with Crippen LogP contribution in [0.4, 0.5) is 0 Å². The second kappa shape index (κ2) is 11.8. The zero-order valence-corrected chi connectivity index (χ0v) is 20.8. The van der Waals surface area contributed by atoms with Crippen molar-refractivity contribution in [1.29, 1.82) is 0 Å². The molecule has 10 unspecified atom stereocenters. The van der Waals surface area contributed by atoms with E-state index >= 15 is 0 Å². The molecule has 1 saturated carbocycles. The van der Waals surface area contributed by atoms with Crippen molar-refractivity contribution in [2.24, 2.45) is 17.8 Å². The fourth-order valence-corrected chi connectivity index (χ4v) is 5.19. The first-order chi connectivity index (χ1) is 18.1. The van der Waals surface area contributed by atoms with Crippen LogP contribution in [0.5, 0.6) is 5.75 Å². The van der Waals surface area contributed by atoms with Crippen LogP contribution in [0.1, 0.15) is 18.9 Å². The third-order valence-corrected chi connectivity index (χ3v) is 7.35. The zero-order valence-electron chi connectivity index (χ0n) is 20.8. The van der Waals surface area contributed by atoms with Gasteiger partial charge in [0.15, 0.2) is 6.29 Å². The molecule has 2 heterocycles. The molecular formula is C26H32O12. The Hall–Kier alpha value is -3.00. The molecule has 0 radical (unpaired) electrons. The molecule has 0 spiro atoms. The van der Waals surface area contributed by atoms with Crippen LogP contribution in [-0.2, 0) is 28.5 Å². The summed E-state index contributed by atoms with van der Waals surface area (Å²) in [5.41, 5.74) is 0.746. The highest BCUT2D eigenvalue weighted by atomic mass is 16.8. The van der Waals surface area contributed by atoms with E-state index in [1.165, 1.54) is 6.08 Å². The van der Waals surface area contributed by atoms with E-state index in [1.54, 1.807) is 44.4 Å². The van der Waals surface area contributed by atoms with Crippen molar-refractivity contribution >= 4 is 18.0 Å². The fraction of sp³-hybridized carbons (Fsp3) is 0.538. The lowest BCUT2D eigenvalue weighted by molar-refractivity contribution is -0.342. The number of methoxy groups -OCH3 is 1. The van der Waals surface area contributed by atoms with Crippen molar-refractivity contribution in [1.82, 2.24) is 0 Å². The summed E-state index contributed by atoms with van der Waals surface area (Å²) < 4.78 is 27.6. The number of hydrogen-bond acceptors (Lipinski definition) is 11. The van der Waals surface area contributed by atoms with E-state index in [2.05, 4.69) is 0 Å². The average Bonchev–Trinajstić information content (AvgIpc) is 3.23. The molecule has 0 bridgehead atoms. The molecule has 10 atom stereocenters. The average molecular weight is 537 g/mol. The van der Waals surface area contributed by atoms with Crippen molar-refractivity contribution in [2.75, 3.05) is 13.7 Å². The van der Waals surface area contributed by atoms with Crippen LogP contribution in [0.3, 0.4) is 0 Å². The van der Waals surface area contributed by atoms with Crippen LogP contribution in [0.15, 0.2) is 42.2 Å². The number of aliphatic carboxylic acids is 1. The van der Waals surface area contributed by atoms with Crippen LogP contribution in [0.25, 0.3) is 6.08 Å². The molecule has 1 aliphatic carbocycles. The molecule has 0 aromatic heterocycles. The first kappa shape index (κ1) is 28.0. The maximum absolute atomic E-state index is 12.6. The van der Waals surface area contributed by atoms with E-state index in [0.717, 1.165) is 11.8 Å². The van der Waals surface area contributed by atoms with E-state index in [1.807, 2.05) is 0 Å². The molecule has 1 aromatic carbocycles. The lowest BCUT2D eigenvalue weighted by atomic mass is 9.83. The molecular weight excluding hydrogens is 504 g/mol. The number of aliphatic hydroxyl groups is 4. The molecule has 38 heavy (non-hydrogen) atoms. The van der Waals surface area contributed by atoms with Gasteiger partial charge in [-0.2, -0.15) is 0 Å². The van der Waals surface area contributed by atoms with Crippen LogP contribution >= 0.6 is 0 Å². The van der Waals surface area contributed by atoms with Gasteiger partial charge in [0.1, 0.15) is 36.3 Å². The standard InChI is InChI=1S/C26H32O12/c1-12-17(36-19(28)8-5-13-3-6-14(34-2)7-4-13)9-15-16(24(32)33)11-35-25(20(12)15)38-26-23(31)22(30)21(29)18(10-27)37-26/h3-8,11-12,15,17-18,20-23,25-27,29-31H,9-10H2,1-2H3,(H,32,33). The minimum absolute atomic E-state index is 0.0113. The second-order valence-corrected chi connectivity index (χ2v) is 9.58. The normalized spacial score (nSPS) is 36.7. The Morgan fingerprint density at radius 1 is 1.08 bits per heavy atom. The Balaban J connectivity index is 1.47. The van der Waals surface area contributed by atoms with Gasteiger partial charge in [-0.25, -0.2) is 9.59 Å². The van der Waals surface area contributed by atoms with E-state index in [4.69, 9.17) is 23.7 Å². The van der Waals surface area contributed by atoms with Crippen LogP contribution in [0, 0.1) is 17.8 Å². The van der Waals surface area contributed by atoms with E-state index in [-0.39, 0.29) is 12.0 Å². The van der Waals surface area contributed by atoms with Crippen LogP contribution in [-0.4, -0.2) is 94.3 Å². The monoisotopic (exact) mass is 536 g/mol. The number of fused-ring (bicyclic) bond motifs is 1. The molecule has 12 nitrogen and oxygen atoms in total. The minimum Gasteiger partial charge on any atom is -0.497 e. The number of carbonyl (C=O) groups is 2. The van der Waals surface area contributed by atoms with Gasteiger partial charge in [0.25, 0.3) is 0 Å². The van der Waals surface area contributed by atoms with Crippen molar-refractivity contribution in [2.45, 2.75) is 56.4 Å². The van der Waals surface area contributed by atoms with Gasteiger partial charge in [-0.15, -0.1) is 0 Å². The Bertz CT molecular complexity index is 1050. The Morgan fingerprint density at radius 2 is 1.79 bits per heavy atom. The van der Waals surface area contributed by atoms with Crippen molar-refractivity contribution in [3.05, 3.63) is 47.7 Å². The molecule has 2 aliphatic heterocycles. The van der Waals surface area contributed by atoms with E-state index < -0.39 is 79.4 Å². The quantitative estimate of drug-likeness (QED) is 0.222. The summed E-state index contributed by atoms with van der Waals surface area (Å²) in [4.78, 5) is 24.5. The number of aliphatic hydroxyl groups excluding tert-OH is 4. The van der Waals surface area contributed by atoms with Gasteiger partial charge in [-0.3, -0.25) is 0 Å². The Labute approximate surface area is 218 Å². The maximum Gasteiger partial charge on any atom is 0.334 e. The third kappa shape index (κ3) is 5.70. The summed E-state index contributed by atoms with van der Waals surface area (Å²) in [6, 6.07) is 7.06. The van der Waals surface area contributed by atoms with Crippen molar-refractivity contribution in [3.8, 4) is 5.75 Å². The van der Waals surface area contributed by atoms with Gasteiger partial charge in [0.05, 0.1) is 25.6 Å². The highest BCUT2D eigenvalue weighted by Crippen LogP contribution is 2.48. The highest BCUT2D eigenvalue weighted by Gasteiger charge is 2.54. The lowest BCUT2D eigenvalue weighted by Gasteiger charge is -2.43. The molecule has 0 amide bonds. The predicted molar refractivity (Wildman–Crippen MR) is 128 cm³/mol. The summed E-state index contributed by atoms with van der Waals surface area (Å²) in [5.74, 6) is -2.75. The molecule has 1 aromatic rings. The molecule has 12 heteroatoms. The summed E-state index contributed by atoms with van der Waals surface area (Å²) in [6.45, 7) is 1.14. The van der Waals surface area contributed by atoms with Crippen LogP contribution in [0.2, 0.25) is 0 Å². The molecule has 4 rings (SSSR count). The number of carboxylic acid groups (broad SMARTS) is 1. The fourth-order valence-electron chi connectivity index (χ4n) is 5.19. The Kier molecular flexibility index (Phi) is 8.71. The number of benzene rings is 1. The Morgan fingerprint density at radius 3 is 2.42 bits per heavy atom. The van der Waals surface area contributed by atoms with Crippen LogP contribution < -0.4 is 4.74 Å². The summed E-state index contributed by atoms with van der Waals surface area (Å²) >= 11 is 0. The number of ether oxygens (including phenoxy) is 5. The first-order valence-electron chi connectivity index (χ1n) is 12.2. The zero-order chi connectivity index (χ0) is 27.6. The van der Waals surface area contributed by atoms with E-state index in [9.17, 15) is 35.1 Å². The largest absolute Gasteiger partial charge is 0.497 e. The number of carboxylic acids is 1. The first-order valence-corrected chi connectivity index (χ1v) is 12.2. The van der Waals surface area contributed by atoms with Gasteiger partial charge in [0.2, 0.25) is 6.29 Å². The summed E-state index contributed by atoms with van der Waals surface area (Å²) in [5, 5.41) is 49.6. The predicted octanol–water partition coefficient (Wildman–Crippen LogP) is 0.0337. The van der Waals surface area contributed by atoms with Gasteiger partial charge in [-0.1, -0.05) is 19.1 Å². The topological polar surface area (TPSA) is 181 Å². The number of rotatable bonds is 8. The van der Waals surface area contributed by atoms with E-state index in [0.29, 0.717) is 5.75 Å².